The Morgan fingerprint density at radius 1 is 1.09 bits per heavy atom. The van der Waals surface area contributed by atoms with Gasteiger partial charge in [-0.15, -0.1) is 0 Å². The van der Waals surface area contributed by atoms with E-state index >= 15 is 0 Å². The first-order valence-corrected chi connectivity index (χ1v) is 12.1. The largest absolute Gasteiger partial charge is 0.442 e. The van der Waals surface area contributed by atoms with Crippen molar-refractivity contribution in [2.75, 3.05) is 13.6 Å². The third kappa shape index (κ3) is 5.67. The highest BCUT2D eigenvalue weighted by molar-refractivity contribution is 7.03. The highest BCUT2D eigenvalue weighted by atomic mass is 35.5. The van der Waals surface area contributed by atoms with Crippen LogP contribution in [0.15, 0.2) is 58.3 Å². The summed E-state index contributed by atoms with van der Waals surface area (Å²) in [5.74, 6) is -0.940. The van der Waals surface area contributed by atoms with E-state index in [4.69, 9.17) is 27.9 Å². The fraction of sp³-hybridized carbons (Fsp3) is 0.304. The maximum Gasteiger partial charge on any atom is 0.342 e. The fourth-order valence-corrected chi connectivity index (χ4v) is 4.82. The van der Waals surface area contributed by atoms with Crippen LogP contribution in [0.3, 0.4) is 0 Å². The average molecular weight is 521 g/mol. The number of halogens is 2. The number of esters is 1. The Morgan fingerprint density at radius 2 is 1.74 bits per heavy atom. The van der Waals surface area contributed by atoms with E-state index in [0.717, 1.165) is 30.1 Å². The van der Waals surface area contributed by atoms with Crippen LogP contribution in [-0.4, -0.2) is 44.9 Å². The van der Waals surface area contributed by atoms with Crippen molar-refractivity contribution in [3.05, 3.63) is 85.0 Å². The molecular weight excluding hydrogens is 499 g/mol. The van der Waals surface area contributed by atoms with Crippen LogP contribution >= 0.6 is 34.7 Å². The van der Waals surface area contributed by atoms with E-state index in [9.17, 15) is 14.4 Å². The van der Waals surface area contributed by atoms with Crippen LogP contribution in [0, 0.1) is 0 Å². The van der Waals surface area contributed by atoms with E-state index in [1.807, 2.05) is 24.1 Å². The molecular formula is C23H22Cl2N4O4S. The Kier molecular flexibility index (Phi) is 7.67. The van der Waals surface area contributed by atoms with Gasteiger partial charge in [-0.25, -0.2) is 13.3 Å². The minimum atomic E-state index is -0.535. The molecule has 0 saturated carbocycles. The number of aromatic nitrogens is 2. The summed E-state index contributed by atoms with van der Waals surface area (Å²) >= 11 is 12.9. The number of hydrogen-bond acceptors (Lipinski definition) is 6. The van der Waals surface area contributed by atoms with Gasteiger partial charge in [-0.05, 0) is 79.9 Å². The molecule has 0 N–H and O–H groups in total. The van der Waals surface area contributed by atoms with Crippen molar-refractivity contribution in [2.45, 2.75) is 32.2 Å². The van der Waals surface area contributed by atoms with E-state index in [2.05, 4.69) is 4.99 Å². The van der Waals surface area contributed by atoms with E-state index in [1.54, 1.807) is 36.4 Å². The van der Waals surface area contributed by atoms with Crippen molar-refractivity contribution in [3.8, 4) is 0 Å². The maximum atomic E-state index is 13.1. The molecule has 1 aromatic heterocycles. The monoisotopic (exact) mass is 520 g/mol. The Bertz CT molecular complexity index is 1310. The van der Waals surface area contributed by atoms with Gasteiger partial charge in [0.05, 0.1) is 6.54 Å². The number of ether oxygens (including phenoxy) is 1. The number of amides is 1. The summed E-state index contributed by atoms with van der Waals surface area (Å²) in [6.07, 6.45) is 1.61. The zero-order valence-electron chi connectivity index (χ0n) is 18.3. The van der Waals surface area contributed by atoms with Crippen LogP contribution in [0.4, 0.5) is 0 Å². The van der Waals surface area contributed by atoms with Gasteiger partial charge in [0.1, 0.15) is 6.04 Å². The van der Waals surface area contributed by atoms with Crippen LogP contribution < -0.4 is 10.5 Å². The molecule has 1 saturated heterocycles. The zero-order valence-corrected chi connectivity index (χ0v) is 20.6. The average Bonchev–Trinajstić information content (AvgIpc) is 3.37. The molecule has 0 radical (unpaired) electrons. The second kappa shape index (κ2) is 10.7. The predicted octanol–water partition coefficient (Wildman–Crippen LogP) is 3.40. The molecule has 178 valence electrons. The third-order valence-corrected chi connectivity index (χ3v) is 7.01. The summed E-state index contributed by atoms with van der Waals surface area (Å²) in [5.41, 5.74) is 0.737. The molecule has 1 fully saturated rings. The molecule has 1 amide bonds. The molecule has 2 heterocycles. The van der Waals surface area contributed by atoms with Crippen molar-refractivity contribution in [1.29, 1.82) is 0 Å². The molecule has 11 heteroatoms. The second-order valence-electron chi connectivity index (χ2n) is 7.90. The van der Waals surface area contributed by atoms with Crippen LogP contribution in [0.1, 0.15) is 28.8 Å². The van der Waals surface area contributed by atoms with Crippen molar-refractivity contribution in [3.63, 3.8) is 0 Å². The number of rotatable bonds is 6. The summed E-state index contributed by atoms with van der Waals surface area (Å²) in [4.78, 5) is 44.6. The summed E-state index contributed by atoms with van der Waals surface area (Å²) in [6, 6.07) is 13.0. The summed E-state index contributed by atoms with van der Waals surface area (Å²) < 4.78 is 8.10. The van der Waals surface area contributed by atoms with Gasteiger partial charge >= 0.3 is 11.7 Å². The van der Waals surface area contributed by atoms with E-state index in [-0.39, 0.29) is 24.1 Å². The predicted molar refractivity (Wildman–Crippen MR) is 130 cm³/mol. The topological polar surface area (TPSA) is 85.9 Å². The molecule has 2 aromatic carbocycles. The molecule has 0 aliphatic carbocycles. The van der Waals surface area contributed by atoms with Crippen LogP contribution in [0.5, 0.6) is 0 Å². The molecule has 4 rings (SSSR count). The highest BCUT2D eigenvalue weighted by Gasteiger charge is 2.29. The lowest BCUT2D eigenvalue weighted by Gasteiger charge is -2.17. The first-order chi connectivity index (χ1) is 16.3. The first-order valence-electron chi connectivity index (χ1n) is 10.6. The van der Waals surface area contributed by atoms with Crippen LogP contribution in [0.25, 0.3) is 0 Å². The lowest BCUT2D eigenvalue weighted by atomic mass is 10.2. The summed E-state index contributed by atoms with van der Waals surface area (Å²) in [6.45, 7) is 0.735. The quantitative estimate of drug-likeness (QED) is 0.465. The van der Waals surface area contributed by atoms with Crippen LogP contribution in [-0.2, 0) is 22.8 Å². The molecule has 1 aliphatic rings. The van der Waals surface area contributed by atoms with E-state index < -0.39 is 17.6 Å². The number of likely N-dealkylation sites (N-methyl/N-ethyl adjacent to an activating group) is 1. The van der Waals surface area contributed by atoms with Crippen molar-refractivity contribution in [2.24, 2.45) is 4.99 Å². The summed E-state index contributed by atoms with van der Waals surface area (Å²) in [7, 11) is 1.86. The smallest absolute Gasteiger partial charge is 0.342 e. The number of likely N-dealkylation sites (tertiary alicyclic amines) is 1. The summed E-state index contributed by atoms with van der Waals surface area (Å²) in [5, 5.41) is 1.08. The fourth-order valence-electron chi connectivity index (χ4n) is 3.63. The third-order valence-electron chi connectivity index (χ3n) is 5.52. The lowest BCUT2D eigenvalue weighted by molar-refractivity contribution is -0.152. The number of carbonyl (C=O) groups is 2. The van der Waals surface area contributed by atoms with Gasteiger partial charge in [0.2, 0.25) is 4.80 Å². The maximum absolute atomic E-state index is 13.1. The van der Waals surface area contributed by atoms with Gasteiger partial charge in [-0.1, -0.05) is 35.3 Å². The zero-order chi connectivity index (χ0) is 24.2. The van der Waals surface area contributed by atoms with Gasteiger partial charge in [0.15, 0.2) is 6.73 Å². The molecule has 1 unspecified atom stereocenters. The number of nitrogens with zero attached hydrogens (tertiary/aromatic N) is 4. The Hall–Kier alpha value is -2.72. The highest BCUT2D eigenvalue weighted by Crippen LogP contribution is 2.16. The standard InChI is InChI=1S/C23H22Cl2N4O4S/c1-27-12-2-3-19(27)21(31)33-14-28-22(26-20(30)16-6-10-18(25)11-7-16)34-29(23(28)32)13-15-4-8-17(24)9-5-15/h4-11,19H,2-3,12-14H2,1H3. The number of carbonyl (C=O) groups excluding carboxylic acids is 2. The molecule has 1 aliphatic heterocycles. The molecule has 0 bridgehead atoms. The minimum absolute atomic E-state index is 0.131. The van der Waals surface area contributed by atoms with E-state index in [0.29, 0.717) is 22.0 Å². The van der Waals surface area contributed by atoms with Crippen molar-refractivity contribution >= 4 is 46.6 Å². The normalized spacial score (nSPS) is 16.7. The van der Waals surface area contributed by atoms with Gasteiger partial charge in [0.25, 0.3) is 5.91 Å². The lowest BCUT2D eigenvalue weighted by Crippen LogP contribution is -2.37. The molecule has 34 heavy (non-hydrogen) atoms. The molecule has 1 atom stereocenters. The van der Waals surface area contributed by atoms with Gasteiger partial charge in [0, 0.05) is 15.6 Å². The molecule has 0 spiro atoms. The Labute approximate surface area is 209 Å². The molecule has 3 aromatic rings. The van der Waals surface area contributed by atoms with Crippen LogP contribution in [0.2, 0.25) is 10.0 Å². The van der Waals surface area contributed by atoms with Crippen molar-refractivity contribution in [1.82, 2.24) is 13.4 Å². The van der Waals surface area contributed by atoms with Gasteiger partial charge < -0.3 is 4.74 Å². The Morgan fingerprint density at radius 3 is 2.35 bits per heavy atom. The van der Waals surface area contributed by atoms with E-state index in [1.165, 1.54) is 8.52 Å². The van der Waals surface area contributed by atoms with Gasteiger partial charge in [-0.3, -0.25) is 14.5 Å². The number of hydrogen-bond donors (Lipinski definition) is 0. The van der Waals surface area contributed by atoms with Crippen molar-refractivity contribution < 1.29 is 14.3 Å². The minimum Gasteiger partial charge on any atom is -0.442 e. The SMILES string of the molecule is CN1CCCC1C(=O)OCn1c(=NC(=O)c2ccc(Cl)cc2)sn(Cc2ccc(Cl)cc2)c1=O. The number of benzene rings is 2. The molecule has 8 nitrogen and oxygen atoms in total. The second-order valence-corrected chi connectivity index (χ2v) is 9.76. The Balaban J connectivity index is 1.65. The first kappa shape index (κ1) is 24.4. The van der Waals surface area contributed by atoms with Gasteiger partial charge in [-0.2, -0.15) is 4.99 Å².